The first-order valence-electron chi connectivity index (χ1n) is 5.42. The smallest absolute Gasteiger partial charge is 0.145 e. The molecule has 0 spiro atoms. The molecule has 0 unspecified atom stereocenters. The van der Waals surface area contributed by atoms with Gasteiger partial charge < -0.3 is 4.84 Å². The Balaban J connectivity index is 1.91. The number of benzene rings is 2. The minimum absolute atomic E-state index is 0.0738. The number of nitrogens with zero attached hydrogens (tertiary/aromatic N) is 1. The second kappa shape index (κ2) is 6.43. The van der Waals surface area contributed by atoms with Gasteiger partial charge in [-0.3, -0.25) is 0 Å². The van der Waals surface area contributed by atoms with Crippen molar-refractivity contribution in [3.63, 3.8) is 0 Å². The molecule has 0 amide bonds. The van der Waals surface area contributed by atoms with Gasteiger partial charge in [-0.15, -0.1) is 0 Å². The van der Waals surface area contributed by atoms with Gasteiger partial charge in [0.05, 0.1) is 0 Å². The molecule has 1 radical (unpaired) electrons. The highest BCUT2D eigenvalue weighted by atomic mass is 79.9. The Kier molecular flexibility index (Phi) is 4.63. The first-order chi connectivity index (χ1) is 9.15. The van der Waals surface area contributed by atoms with Crippen LogP contribution in [0.25, 0.3) is 0 Å². The SMILES string of the molecule is Fc1ccc(CO/N=[C]\c2ccc(Br)cc2)c(F)c1. The van der Waals surface area contributed by atoms with Crippen LogP contribution in [-0.4, -0.2) is 6.21 Å². The third kappa shape index (κ3) is 4.13. The summed E-state index contributed by atoms with van der Waals surface area (Å²) in [5.74, 6) is -1.27. The zero-order chi connectivity index (χ0) is 13.7. The van der Waals surface area contributed by atoms with Crippen LogP contribution in [0.15, 0.2) is 52.1 Å². The Morgan fingerprint density at radius 2 is 1.84 bits per heavy atom. The van der Waals surface area contributed by atoms with Gasteiger partial charge in [0.15, 0.2) is 0 Å². The van der Waals surface area contributed by atoms with Gasteiger partial charge in [0.1, 0.15) is 24.5 Å². The molecule has 0 aliphatic rings. The molecular formula is C14H9BrF2NO. The van der Waals surface area contributed by atoms with E-state index >= 15 is 0 Å². The van der Waals surface area contributed by atoms with E-state index in [9.17, 15) is 8.78 Å². The quantitative estimate of drug-likeness (QED) is 0.611. The predicted octanol–water partition coefficient (Wildman–Crippen LogP) is 4.16. The van der Waals surface area contributed by atoms with Gasteiger partial charge in [-0.2, -0.15) is 0 Å². The average Bonchev–Trinajstić information content (AvgIpc) is 2.39. The summed E-state index contributed by atoms with van der Waals surface area (Å²) in [6.07, 6.45) is 2.66. The van der Waals surface area contributed by atoms with Gasteiger partial charge in [0, 0.05) is 21.7 Å². The van der Waals surface area contributed by atoms with Crippen LogP contribution in [0.2, 0.25) is 0 Å². The van der Waals surface area contributed by atoms with Crippen molar-refractivity contribution in [1.82, 2.24) is 0 Å². The van der Waals surface area contributed by atoms with Crippen LogP contribution in [0, 0.1) is 11.6 Å². The van der Waals surface area contributed by atoms with Crippen molar-refractivity contribution >= 4 is 22.1 Å². The lowest BCUT2D eigenvalue weighted by atomic mass is 10.2. The van der Waals surface area contributed by atoms with E-state index in [1.165, 1.54) is 12.1 Å². The summed E-state index contributed by atoms with van der Waals surface area (Å²) in [4.78, 5) is 4.91. The maximum Gasteiger partial charge on any atom is 0.145 e. The number of hydrogen-bond donors (Lipinski definition) is 0. The molecule has 2 aromatic carbocycles. The van der Waals surface area contributed by atoms with Crippen LogP contribution >= 0.6 is 15.9 Å². The van der Waals surface area contributed by atoms with E-state index in [0.29, 0.717) is 0 Å². The molecule has 0 fully saturated rings. The molecule has 0 bridgehead atoms. The highest BCUT2D eigenvalue weighted by molar-refractivity contribution is 9.10. The van der Waals surface area contributed by atoms with Crippen LogP contribution in [0.1, 0.15) is 11.1 Å². The lowest BCUT2D eigenvalue weighted by Crippen LogP contribution is -1.93. The van der Waals surface area contributed by atoms with Crippen LogP contribution < -0.4 is 0 Å². The molecule has 2 aromatic rings. The fraction of sp³-hybridized carbons (Fsp3) is 0.0714. The molecule has 2 nitrogen and oxygen atoms in total. The van der Waals surface area contributed by atoms with Crippen LogP contribution in [-0.2, 0) is 11.4 Å². The second-order valence-corrected chi connectivity index (χ2v) is 4.63. The lowest BCUT2D eigenvalue weighted by molar-refractivity contribution is 0.129. The molecule has 0 aromatic heterocycles. The Labute approximate surface area is 117 Å². The van der Waals surface area contributed by atoms with Gasteiger partial charge in [0.2, 0.25) is 0 Å². The van der Waals surface area contributed by atoms with E-state index in [-0.39, 0.29) is 12.2 Å². The molecule has 2 rings (SSSR count). The molecule has 0 N–H and O–H groups in total. The van der Waals surface area contributed by atoms with Crippen molar-refractivity contribution in [2.45, 2.75) is 6.61 Å². The van der Waals surface area contributed by atoms with Crippen molar-refractivity contribution in [3.05, 3.63) is 69.7 Å². The zero-order valence-electron chi connectivity index (χ0n) is 9.74. The maximum absolute atomic E-state index is 13.3. The summed E-state index contributed by atoms with van der Waals surface area (Å²) in [5.41, 5.74) is 0.977. The molecule has 19 heavy (non-hydrogen) atoms. The minimum Gasteiger partial charge on any atom is -0.390 e. The van der Waals surface area contributed by atoms with E-state index in [1.807, 2.05) is 12.1 Å². The van der Waals surface area contributed by atoms with Crippen LogP contribution in [0.3, 0.4) is 0 Å². The van der Waals surface area contributed by atoms with Crippen molar-refractivity contribution in [2.24, 2.45) is 5.16 Å². The third-order valence-electron chi connectivity index (χ3n) is 2.32. The summed E-state index contributed by atoms with van der Waals surface area (Å²) in [6, 6.07) is 10.6. The van der Waals surface area contributed by atoms with Gasteiger partial charge in [-0.1, -0.05) is 33.2 Å². The number of rotatable bonds is 4. The Bertz CT molecular complexity index is 584. The van der Waals surface area contributed by atoms with Crippen molar-refractivity contribution in [1.29, 1.82) is 0 Å². The summed E-state index contributed by atoms with van der Waals surface area (Å²) < 4.78 is 26.9. The highest BCUT2D eigenvalue weighted by Gasteiger charge is 2.03. The minimum atomic E-state index is -0.654. The molecule has 0 heterocycles. The van der Waals surface area contributed by atoms with E-state index in [1.54, 1.807) is 12.1 Å². The predicted molar refractivity (Wildman–Crippen MR) is 71.8 cm³/mol. The lowest BCUT2D eigenvalue weighted by Gasteiger charge is -2.01. The monoisotopic (exact) mass is 324 g/mol. The van der Waals surface area contributed by atoms with Crippen molar-refractivity contribution < 1.29 is 13.6 Å². The second-order valence-electron chi connectivity index (χ2n) is 3.72. The van der Waals surface area contributed by atoms with E-state index < -0.39 is 11.6 Å². The number of halogens is 3. The first kappa shape index (κ1) is 13.7. The van der Waals surface area contributed by atoms with Crippen LogP contribution in [0.4, 0.5) is 8.78 Å². The van der Waals surface area contributed by atoms with Gasteiger partial charge >= 0.3 is 0 Å². The zero-order valence-corrected chi connectivity index (χ0v) is 11.3. The molecular weight excluding hydrogens is 316 g/mol. The molecule has 0 saturated heterocycles. The van der Waals surface area contributed by atoms with Crippen molar-refractivity contribution in [3.8, 4) is 0 Å². The topological polar surface area (TPSA) is 21.6 Å². The molecule has 0 aliphatic heterocycles. The third-order valence-corrected chi connectivity index (χ3v) is 2.85. The normalized spacial score (nSPS) is 10.9. The summed E-state index contributed by atoms with van der Waals surface area (Å²) in [5, 5.41) is 3.60. The van der Waals surface area contributed by atoms with E-state index in [0.717, 1.165) is 16.1 Å². The standard InChI is InChI=1S/C14H9BrF2NO/c15-12-4-1-10(2-5-12)8-18-19-9-11-3-6-13(16)7-14(11)17/h1-7H,9H2. The van der Waals surface area contributed by atoms with Gasteiger partial charge in [0.25, 0.3) is 0 Å². The fourth-order valence-electron chi connectivity index (χ4n) is 1.35. The Morgan fingerprint density at radius 3 is 2.53 bits per heavy atom. The van der Waals surface area contributed by atoms with E-state index in [2.05, 4.69) is 27.3 Å². The van der Waals surface area contributed by atoms with Gasteiger partial charge in [-0.05, 0) is 24.3 Å². The largest absolute Gasteiger partial charge is 0.390 e. The molecule has 5 heteroatoms. The highest BCUT2D eigenvalue weighted by Crippen LogP contribution is 2.11. The Morgan fingerprint density at radius 1 is 1.11 bits per heavy atom. The fourth-order valence-corrected chi connectivity index (χ4v) is 1.61. The molecule has 0 saturated carbocycles. The molecule has 0 aliphatic carbocycles. The van der Waals surface area contributed by atoms with Crippen molar-refractivity contribution in [2.75, 3.05) is 0 Å². The van der Waals surface area contributed by atoms with Gasteiger partial charge in [-0.25, -0.2) is 8.78 Å². The number of hydrogen-bond acceptors (Lipinski definition) is 2. The maximum atomic E-state index is 13.3. The van der Waals surface area contributed by atoms with E-state index in [4.69, 9.17) is 4.84 Å². The van der Waals surface area contributed by atoms with Crippen LogP contribution in [0.5, 0.6) is 0 Å². The first-order valence-corrected chi connectivity index (χ1v) is 6.22. The molecule has 97 valence electrons. The summed E-state index contributed by atoms with van der Waals surface area (Å²) in [7, 11) is 0. The summed E-state index contributed by atoms with van der Waals surface area (Å²) in [6.45, 7) is -0.0738. The summed E-state index contributed by atoms with van der Waals surface area (Å²) >= 11 is 3.31. The Hall–Kier alpha value is -1.75. The molecule has 0 atom stereocenters. The average molecular weight is 325 g/mol.